The van der Waals surface area contributed by atoms with Crippen molar-refractivity contribution in [1.82, 2.24) is 36.8 Å². The van der Waals surface area contributed by atoms with Crippen LogP contribution < -0.4 is 37.6 Å². The number of phenolic OH excluding ortho intramolecular Hbond substituents is 1. The highest BCUT2D eigenvalue weighted by Crippen LogP contribution is 2.21. The molecule has 1 aliphatic rings. The molecule has 1 saturated heterocycles. The molecule has 2 rings (SSSR count). The van der Waals surface area contributed by atoms with Crippen LogP contribution in [0.2, 0.25) is 0 Å². The first-order valence-corrected chi connectivity index (χ1v) is 22.0. The second kappa shape index (κ2) is 25.5. The maximum Gasteiger partial charge on any atom is 0.326 e. The fraction of sp³-hybridized carbons (Fsp3) is 0.659. The summed E-state index contributed by atoms with van der Waals surface area (Å²) >= 11 is 0. The van der Waals surface area contributed by atoms with E-state index < -0.39 is 119 Å². The molecule has 20 nitrogen and oxygen atoms in total. The standard InChI is InChI=1S/C44H70N8O12/c1-10-25(8)36(51-38(57)29(45)17-18-33(54)55)42(61)48-31(21-27-13-15-28(53)16-14-27)40(59)47-30(20-22(2)3)39(58)46-26(9)37(56)49-34(23(4)5)41(60)50-35(24(6)7)43(62)52-19-11-12-32(52)44(63)64/h13-16,22-26,29-32,34-36,53H,10-12,17-21,45H2,1-9H3,(H,46,58)(H,47,59)(H,48,61)(H,49,56)(H,50,60)(H,51,57)(H,54,55)(H,63,64)/t25-,26-,29-,30-,31-,32-,34-,35-,36-/m0/s1. The maximum absolute atomic E-state index is 14.1. The number of carboxylic acids is 2. The average Bonchev–Trinajstić information content (AvgIpc) is 3.72. The lowest BCUT2D eigenvalue weighted by molar-refractivity contribution is -0.150. The third-order valence-electron chi connectivity index (χ3n) is 11.2. The SMILES string of the molecule is CC[C@H](C)[C@H](NC(=O)[C@@H](N)CCC(=O)O)C(=O)N[C@@H](Cc1ccc(O)cc1)C(=O)N[C@@H](CC(C)C)C(=O)N[C@@H](C)C(=O)N[C@H](C(=O)N[C@H](C(=O)N1CCC[C@H]1C(=O)O)C(C)C)C(C)C. The number of carboxylic acid groups (broad SMARTS) is 2. The molecule has 1 fully saturated rings. The maximum atomic E-state index is 14.1. The minimum atomic E-state index is -1.32. The van der Waals surface area contributed by atoms with Gasteiger partial charge in [-0.25, -0.2) is 4.79 Å². The molecule has 0 radical (unpaired) electrons. The predicted molar refractivity (Wildman–Crippen MR) is 235 cm³/mol. The Hall–Kier alpha value is -5.79. The van der Waals surface area contributed by atoms with Crippen molar-refractivity contribution in [2.24, 2.45) is 29.4 Å². The van der Waals surface area contributed by atoms with Gasteiger partial charge in [0.05, 0.1) is 6.04 Å². The highest BCUT2D eigenvalue weighted by molar-refractivity contribution is 5.97. The van der Waals surface area contributed by atoms with Gasteiger partial charge < -0.3 is 57.9 Å². The zero-order valence-corrected chi connectivity index (χ0v) is 38.4. The van der Waals surface area contributed by atoms with Crippen LogP contribution in [0.4, 0.5) is 0 Å². The Morgan fingerprint density at radius 3 is 1.75 bits per heavy atom. The van der Waals surface area contributed by atoms with Crippen molar-refractivity contribution in [2.45, 2.75) is 156 Å². The lowest BCUT2D eigenvalue weighted by atomic mass is 9.96. The highest BCUT2D eigenvalue weighted by atomic mass is 16.4. The molecule has 0 spiro atoms. The minimum Gasteiger partial charge on any atom is -0.508 e. The van der Waals surface area contributed by atoms with Gasteiger partial charge in [-0.05, 0) is 74.0 Å². The van der Waals surface area contributed by atoms with E-state index in [1.807, 2.05) is 13.8 Å². The molecule has 20 heteroatoms. The Kier molecular flexibility index (Phi) is 21.6. The van der Waals surface area contributed by atoms with E-state index in [1.165, 1.54) is 24.0 Å². The molecule has 0 saturated carbocycles. The van der Waals surface area contributed by atoms with Gasteiger partial charge in [0.15, 0.2) is 0 Å². The Morgan fingerprint density at radius 1 is 0.688 bits per heavy atom. The van der Waals surface area contributed by atoms with Gasteiger partial charge in [-0.3, -0.25) is 38.4 Å². The average molecular weight is 903 g/mol. The molecule has 0 unspecified atom stereocenters. The first kappa shape index (κ1) is 54.3. The summed E-state index contributed by atoms with van der Waals surface area (Å²) in [7, 11) is 0. The summed E-state index contributed by atoms with van der Waals surface area (Å²) in [6.45, 7) is 15.5. The Labute approximate surface area is 375 Å². The number of nitrogens with two attached hydrogens (primary N) is 1. The Balaban J connectivity index is 2.29. The normalized spacial score (nSPS) is 17.5. The summed E-state index contributed by atoms with van der Waals surface area (Å²) in [4.78, 5) is 120. The summed E-state index contributed by atoms with van der Waals surface area (Å²) in [5.74, 6) is -8.80. The van der Waals surface area contributed by atoms with Crippen LogP contribution in [-0.2, 0) is 49.6 Å². The molecule has 9 atom stereocenters. The molecule has 1 aromatic rings. The number of rotatable bonds is 25. The summed E-state index contributed by atoms with van der Waals surface area (Å²) in [5, 5.41) is 44.4. The second-order valence-electron chi connectivity index (χ2n) is 17.8. The van der Waals surface area contributed by atoms with Crippen LogP contribution in [0.15, 0.2) is 24.3 Å². The zero-order valence-electron chi connectivity index (χ0n) is 38.4. The number of nitrogens with one attached hydrogen (secondary N) is 6. The molecular formula is C44H70N8O12. The molecule has 7 amide bonds. The van der Waals surface area contributed by atoms with Crippen LogP contribution in [-0.4, -0.2) is 128 Å². The summed E-state index contributed by atoms with van der Waals surface area (Å²) < 4.78 is 0. The summed E-state index contributed by atoms with van der Waals surface area (Å²) in [6, 6.07) is -3.52. The van der Waals surface area contributed by atoms with Crippen molar-refractivity contribution in [1.29, 1.82) is 0 Å². The van der Waals surface area contributed by atoms with Crippen molar-refractivity contribution >= 4 is 53.3 Å². The third kappa shape index (κ3) is 16.7. The quantitative estimate of drug-likeness (QED) is 0.0642. The van der Waals surface area contributed by atoms with Gasteiger partial charge in [-0.15, -0.1) is 0 Å². The van der Waals surface area contributed by atoms with E-state index in [1.54, 1.807) is 53.7 Å². The second-order valence-corrected chi connectivity index (χ2v) is 17.8. The van der Waals surface area contributed by atoms with Gasteiger partial charge >= 0.3 is 11.9 Å². The lowest BCUT2D eigenvalue weighted by Gasteiger charge is -2.31. The topological polar surface area (TPSA) is 316 Å². The predicted octanol–water partition coefficient (Wildman–Crippen LogP) is 0.535. The first-order chi connectivity index (χ1) is 29.9. The van der Waals surface area contributed by atoms with E-state index in [9.17, 15) is 53.4 Å². The fourth-order valence-corrected chi connectivity index (χ4v) is 7.10. The number of hydrogen-bond acceptors (Lipinski definition) is 11. The van der Waals surface area contributed by atoms with Crippen LogP contribution in [0.5, 0.6) is 5.75 Å². The Bertz CT molecular complexity index is 1810. The van der Waals surface area contributed by atoms with Gasteiger partial charge in [-0.2, -0.15) is 0 Å². The first-order valence-electron chi connectivity index (χ1n) is 22.0. The molecule has 1 heterocycles. The van der Waals surface area contributed by atoms with Gasteiger partial charge in [0.2, 0.25) is 41.4 Å². The largest absolute Gasteiger partial charge is 0.508 e. The molecule has 0 aromatic heterocycles. The Morgan fingerprint density at radius 2 is 1.22 bits per heavy atom. The number of phenols is 1. The lowest BCUT2D eigenvalue weighted by Crippen LogP contribution is -2.61. The van der Waals surface area contributed by atoms with Crippen molar-refractivity contribution in [3.63, 3.8) is 0 Å². The number of nitrogens with zero attached hydrogens (tertiary/aromatic N) is 1. The molecule has 1 aromatic carbocycles. The van der Waals surface area contributed by atoms with Crippen molar-refractivity contribution in [3.8, 4) is 5.75 Å². The van der Waals surface area contributed by atoms with Gasteiger partial charge in [0.25, 0.3) is 0 Å². The molecule has 64 heavy (non-hydrogen) atoms. The van der Waals surface area contributed by atoms with Crippen LogP contribution in [0.25, 0.3) is 0 Å². The summed E-state index contributed by atoms with van der Waals surface area (Å²) in [6.07, 6.45) is 0.681. The van der Waals surface area contributed by atoms with Gasteiger partial charge in [0.1, 0.15) is 48.0 Å². The number of carbonyl (C=O) groups is 9. The number of amides is 7. The van der Waals surface area contributed by atoms with Crippen molar-refractivity contribution < 1.29 is 58.5 Å². The van der Waals surface area contributed by atoms with Crippen molar-refractivity contribution in [3.05, 3.63) is 29.8 Å². The van der Waals surface area contributed by atoms with E-state index in [4.69, 9.17) is 10.8 Å². The molecule has 0 aliphatic carbocycles. The van der Waals surface area contributed by atoms with Crippen LogP contribution in [0, 0.1) is 23.7 Å². The number of aromatic hydroxyl groups is 1. The van der Waals surface area contributed by atoms with E-state index >= 15 is 0 Å². The van der Waals surface area contributed by atoms with E-state index in [2.05, 4.69) is 31.9 Å². The van der Waals surface area contributed by atoms with Crippen molar-refractivity contribution in [2.75, 3.05) is 6.54 Å². The van der Waals surface area contributed by atoms with Crippen LogP contribution in [0.3, 0.4) is 0 Å². The number of carbonyl (C=O) groups excluding carboxylic acids is 7. The number of likely N-dealkylation sites (tertiary alicyclic amines) is 1. The molecule has 0 bridgehead atoms. The van der Waals surface area contributed by atoms with Gasteiger partial charge in [0, 0.05) is 19.4 Å². The van der Waals surface area contributed by atoms with E-state index in [0.717, 1.165) is 0 Å². The summed E-state index contributed by atoms with van der Waals surface area (Å²) in [5.41, 5.74) is 6.44. The van der Waals surface area contributed by atoms with E-state index in [-0.39, 0.29) is 43.9 Å². The monoisotopic (exact) mass is 903 g/mol. The number of benzene rings is 1. The molecule has 1 aliphatic heterocycles. The number of hydrogen-bond donors (Lipinski definition) is 10. The van der Waals surface area contributed by atoms with Gasteiger partial charge in [-0.1, -0.05) is 73.9 Å². The number of aliphatic carboxylic acids is 2. The molecule has 11 N–H and O–H groups in total. The third-order valence-corrected chi connectivity index (χ3v) is 11.2. The highest BCUT2D eigenvalue weighted by Gasteiger charge is 2.40. The van der Waals surface area contributed by atoms with E-state index in [0.29, 0.717) is 24.8 Å². The minimum absolute atomic E-state index is 0.0391. The molecular weight excluding hydrogens is 833 g/mol. The van der Waals surface area contributed by atoms with Crippen LogP contribution in [0.1, 0.15) is 106 Å². The molecule has 358 valence electrons. The van der Waals surface area contributed by atoms with Crippen LogP contribution >= 0.6 is 0 Å². The zero-order chi connectivity index (χ0) is 48.6. The fourth-order valence-electron chi connectivity index (χ4n) is 7.10. The smallest absolute Gasteiger partial charge is 0.326 e.